The third kappa shape index (κ3) is 3.67. The van der Waals surface area contributed by atoms with Gasteiger partial charge in [-0.2, -0.15) is 4.98 Å². The second-order valence-corrected chi connectivity index (χ2v) is 5.64. The molecule has 0 unspecified atom stereocenters. The number of carbonyl (C=O) groups excluding carboxylic acids is 1. The highest BCUT2D eigenvalue weighted by molar-refractivity contribution is 5.79. The van der Waals surface area contributed by atoms with E-state index in [2.05, 4.69) is 28.7 Å². The number of aryl methyl sites for hydroxylation is 1. The Labute approximate surface area is 132 Å². The first-order chi connectivity index (χ1) is 10.6. The zero-order chi connectivity index (χ0) is 16.1. The molecule has 1 fully saturated rings. The van der Waals surface area contributed by atoms with Gasteiger partial charge in [0.05, 0.1) is 7.11 Å². The average molecular weight is 306 g/mol. The standard InChI is InChI=1S/C16H26N4O2/c1-5-13(6-2)16(21)20-9-7-19(8-10-20)14-11-15(22-4)18-12(3)17-14/h11,13H,5-10H2,1-4H3. The number of ether oxygens (including phenoxy) is 1. The Morgan fingerprint density at radius 2 is 1.86 bits per heavy atom. The van der Waals surface area contributed by atoms with Crippen LogP contribution >= 0.6 is 0 Å². The van der Waals surface area contributed by atoms with E-state index in [1.807, 2.05) is 17.9 Å². The van der Waals surface area contributed by atoms with E-state index in [1.165, 1.54) is 0 Å². The van der Waals surface area contributed by atoms with Crippen molar-refractivity contribution in [2.45, 2.75) is 33.6 Å². The molecule has 2 heterocycles. The molecule has 1 aliphatic rings. The van der Waals surface area contributed by atoms with Gasteiger partial charge in [-0.05, 0) is 19.8 Å². The Kier molecular flexibility index (Phi) is 5.57. The minimum Gasteiger partial charge on any atom is -0.481 e. The van der Waals surface area contributed by atoms with E-state index in [0.717, 1.165) is 44.8 Å². The van der Waals surface area contributed by atoms with E-state index in [-0.39, 0.29) is 5.92 Å². The molecule has 1 saturated heterocycles. The number of aromatic nitrogens is 2. The largest absolute Gasteiger partial charge is 0.481 e. The Balaban J connectivity index is 2.00. The smallest absolute Gasteiger partial charge is 0.225 e. The molecule has 0 bridgehead atoms. The number of amides is 1. The van der Waals surface area contributed by atoms with Crippen molar-refractivity contribution in [3.63, 3.8) is 0 Å². The van der Waals surface area contributed by atoms with E-state index in [0.29, 0.717) is 17.6 Å². The molecule has 0 aromatic carbocycles. The molecule has 0 spiro atoms. The summed E-state index contributed by atoms with van der Waals surface area (Å²) in [6.07, 6.45) is 1.83. The van der Waals surface area contributed by atoms with Crippen molar-refractivity contribution in [1.29, 1.82) is 0 Å². The second kappa shape index (κ2) is 7.42. The van der Waals surface area contributed by atoms with Gasteiger partial charge in [-0.25, -0.2) is 4.98 Å². The van der Waals surface area contributed by atoms with Gasteiger partial charge >= 0.3 is 0 Å². The summed E-state index contributed by atoms with van der Waals surface area (Å²) in [6.45, 7) is 9.12. The lowest BCUT2D eigenvalue weighted by atomic mass is 10.0. The van der Waals surface area contributed by atoms with Crippen molar-refractivity contribution >= 4 is 11.7 Å². The highest BCUT2D eigenvalue weighted by Gasteiger charge is 2.26. The normalized spacial score (nSPS) is 15.3. The Hall–Kier alpha value is -1.85. The second-order valence-electron chi connectivity index (χ2n) is 5.64. The van der Waals surface area contributed by atoms with Crippen LogP contribution in [0.15, 0.2) is 6.07 Å². The van der Waals surface area contributed by atoms with Gasteiger partial charge in [-0.3, -0.25) is 4.79 Å². The monoisotopic (exact) mass is 306 g/mol. The fourth-order valence-corrected chi connectivity index (χ4v) is 2.84. The average Bonchev–Trinajstić information content (AvgIpc) is 2.55. The molecule has 0 saturated carbocycles. The predicted molar refractivity (Wildman–Crippen MR) is 86.2 cm³/mol. The van der Waals surface area contributed by atoms with Crippen molar-refractivity contribution in [3.05, 3.63) is 11.9 Å². The van der Waals surface area contributed by atoms with Gasteiger partial charge in [-0.15, -0.1) is 0 Å². The molecule has 6 heteroatoms. The molecule has 6 nitrogen and oxygen atoms in total. The number of nitrogens with zero attached hydrogens (tertiary/aromatic N) is 4. The molecule has 0 radical (unpaired) electrons. The van der Waals surface area contributed by atoms with E-state index in [4.69, 9.17) is 4.74 Å². The summed E-state index contributed by atoms with van der Waals surface area (Å²) in [5.74, 6) is 2.61. The van der Waals surface area contributed by atoms with E-state index >= 15 is 0 Å². The van der Waals surface area contributed by atoms with Crippen LogP contribution in [-0.4, -0.2) is 54.1 Å². The molecule has 0 N–H and O–H groups in total. The van der Waals surface area contributed by atoms with Crippen LogP contribution in [0.1, 0.15) is 32.5 Å². The van der Waals surface area contributed by atoms with Gasteiger partial charge in [0.2, 0.25) is 11.8 Å². The summed E-state index contributed by atoms with van der Waals surface area (Å²) >= 11 is 0. The minimum atomic E-state index is 0.160. The van der Waals surface area contributed by atoms with Crippen molar-refractivity contribution in [3.8, 4) is 5.88 Å². The fourth-order valence-electron chi connectivity index (χ4n) is 2.84. The van der Waals surface area contributed by atoms with E-state index in [9.17, 15) is 4.79 Å². The lowest BCUT2D eigenvalue weighted by Crippen LogP contribution is -2.50. The van der Waals surface area contributed by atoms with Gasteiger partial charge in [0.1, 0.15) is 11.6 Å². The summed E-state index contributed by atoms with van der Waals surface area (Å²) in [6, 6.07) is 1.85. The summed E-state index contributed by atoms with van der Waals surface area (Å²) < 4.78 is 5.20. The van der Waals surface area contributed by atoms with Crippen LogP contribution in [0.2, 0.25) is 0 Å². The van der Waals surface area contributed by atoms with Gasteiger partial charge in [0.15, 0.2) is 0 Å². The van der Waals surface area contributed by atoms with E-state index in [1.54, 1.807) is 7.11 Å². The van der Waals surface area contributed by atoms with Gasteiger partial charge in [0, 0.05) is 38.2 Å². The molecular formula is C16H26N4O2. The Morgan fingerprint density at radius 1 is 1.23 bits per heavy atom. The summed E-state index contributed by atoms with van der Waals surface area (Å²) in [4.78, 5) is 25.3. The van der Waals surface area contributed by atoms with Crippen LogP contribution < -0.4 is 9.64 Å². The maximum absolute atomic E-state index is 12.4. The van der Waals surface area contributed by atoms with Gasteiger partial charge < -0.3 is 14.5 Å². The topological polar surface area (TPSA) is 58.6 Å². The lowest BCUT2D eigenvalue weighted by molar-refractivity contribution is -0.136. The highest BCUT2D eigenvalue weighted by atomic mass is 16.5. The van der Waals surface area contributed by atoms with Crippen LogP contribution in [0.25, 0.3) is 0 Å². The molecule has 1 aromatic heterocycles. The van der Waals surface area contributed by atoms with Crippen molar-refractivity contribution < 1.29 is 9.53 Å². The van der Waals surface area contributed by atoms with E-state index < -0.39 is 0 Å². The molecule has 1 aliphatic heterocycles. The molecule has 0 atom stereocenters. The van der Waals surface area contributed by atoms with Gasteiger partial charge in [-0.1, -0.05) is 13.8 Å². The summed E-state index contributed by atoms with van der Waals surface area (Å²) in [5, 5.41) is 0. The molecule has 1 amide bonds. The molecule has 2 rings (SSSR count). The molecular weight excluding hydrogens is 280 g/mol. The van der Waals surface area contributed by atoms with Crippen LogP contribution in [0.4, 0.5) is 5.82 Å². The first-order valence-electron chi connectivity index (χ1n) is 8.02. The summed E-state index contributed by atoms with van der Waals surface area (Å²) in [7, 11) is 1.61. The van der Waals surface area contributed by atoms with Crippen LogP contribution in [0, 0.1) is 12.8 Å². The zero-order valence-electron chi connectivity index (χ0n) is 14.0. The maximum Gasteiger partial charge on any atom is 0.225 e. The number of rotatable bonds is 5. The number of carbonyl (C=O) groups is 1. The quantitative estimate of drug-likeness (QED) is 0.831. The van der Waals surface area contributed by atoms with Crippen molar-refractivity contribution in [2.24, 2.45) is 5.92 Å². The first-order valence-corrected chi connectivity index (χ1v) is 8.02. The first kappa shape index (κ1) is 16.5. The fraction of sp³-hybridized carbons (Fsp3) is 0.688. The van der Waals surface area contributed by atoms with Crippen molar-refractivity contribution in [1.82, 2.24) is 14.9 Å². The molecule has 122 valence electrons. The SMILES string of the molecule is CCC(CC)C(=O)N1CCN(c2cc(OC)nc(C)n2)CC1. The number of anilines is 1. The third-order valence-electron chi connectivity index (χ3n) is 4.26. The summed E-state index contributed by atoms with van der Waals surface area (Å²) in [5.41, 5.74) is 0. The lowest BCUT2D eigenvalue weighted by Gasteiger charge is -2.37. The minimum absolute atomic E-state index is 0.160. The van der Waals surface area contributed by atoms with Crippen LogP contribution in [0.3, 0.4) is 0 Å². The predicted octanol–water partition coefficient (Wildman–Crippen LogP) is 1.88. The number of hydrogen-bond acceptors (Lipinski definition) is 5. The van der Waals surface area contributed by atoms with Crippen LogP contribution in [-0.2, 0) is 4.79 Å². The Bertz CT molecular complexity index is 509. The maximum atomic E-state index is 12.4. The van der Waals surface area contributed by atoms with Gasteiger partial charge in [0.25, 0.3) is 0 Å². The number of methoxy groups -OCH3 is 1. The van der Waals surface area contributed by atoms with Crippen LogP contribution in [0.5, 0.6) is 5.88 Å². The molecule has 22 heavy (non-hydrogen) atoms. The van der Waals surface area contributed by atoms with Crippen molar-refractivity contribution in [2.75, 3.05) is 38.2 Å². The third-order valence-corrected chi connectivity index (χ3v) is 4.26. The Morgan fingerprint density at radius 3 is 2.41 bits per heavy atom. The molecule has 0 aliphatic carbocycles. The molecule has 1 aromatic rings. The number of piperazine rings is 1. The number of hydrogen-bond donors (Lipinski definition) is 0. The highest BCUT2D eigenvalue weighted by Crippen LogP contribution is 2.20. The zero-order valence-corrected chi connectivity index (χ0v) is 14.0.